The van der Waals surface area contributed by atoms with Crippen molar-refractivity contribution in [2.45, 2.75) is 0 Å². The van der Waals surface area contributed by atoms with Crippen LogP contribution in [0.25, 0.3) is 0 Å². The van der Waals surface area contributed by atoms with Crippen molar-refractivity contribution in [3.05, 3.63) is 54.1 Å². The maximum absolute atomic E-state index is 12.0. The first kappa shape index (κ1) is 12.0. The lowest BCUT2D eigenvalue weighted by atomic mass is 10.2. The van der Waals surface area contributed by atoms with Crippen LogP contribution >= 0.6 is 0 Å². The Morgan fingerprint density at radius 1 is 1.11 bits per heavy atom. The molecule has 0 aliphatic carbocycles. The molecule has 0 unspecified atom stereocenters. The van der Waals surface area contributed by atoms with E-state index in [4.69, 9.17) is 4.74 Å². The van der Waals surface area contributed by atoms with Gasteiger partial charge in [0.15, 0.2) is 0 Å². The molecule has 2 rings (SSSR count). The van der Waals surface area contributed by atoms with Crippen LogP contribution < -0.4 is 10.1 Å². The molecule has 0 atom stereocenters. The Morgan fingerprint density at radius 3 is 2.50 bits per heavy atom. The summed E-state index contributed by atoms with van der Waals surface area (Å²) >= 11 is 0. The number of phenols is 1. The van der Waals surface area contributed by atoms with E-state index in [1.807, 2.05) is 0 Å². The summed E-state index contributed by atoms with van der Waals surface area (Å²) in [5.74, 6) is 0.195. The topological polar surface area (TPSA) is 58.6 Å². The highest BCUT2D eigenvalue weighted by Crippen LogP contribution is 2.24. The van der Waals surface area contributed by atoms with Crippen LogP contribution in [0, 0.1) is 0 Å². The van der Waals surface area contributed by atoms with Gasteiger partial charge in [0.1, 0.15) is 11.5 Å². The van der Waals surface area contributed by atoms with Crippen LogP contribution in [0.15, 0.2) is 48.5 Å². The van der Waals surface area contributed by atoms with Crippen molar-refractivity contribution in [3.8, 4) is 11.5 Å². The van der Waals surface area contributed by atoms with E-state index in [2.05, 4.69) is 5.32 Å². The summed E-state index contributed by atoms with van der Waals surface area (Å²) in [6, 6.07) is 13.5. The van der Waals surface area contributed by atoms with E-state index in [-0.39, 0.29) is 11.7 Å². The number of ether oxygens (including phenoxy) is 1. The van der Waals surface area contributed by atoms with E-state index >= 15 is 0 Å². The van der Waals surface area contributed by atoms with Crippen molar-refractivity contribution in [2.24, 2.45) is 0 Å². The van der Waals surface area contributed by atoms with Crippen LogP contribution in [-0.4, -0.2) is 18.1 Å². The molecule has 2 aromatic rings. The Balaban J connectivity index is 2.25. The van der Waals surface area contributed by atoms with Gasteiger partial charge in [0.05, 0.1) is 18.4 Å². The molecule has 0 bridgehead atoms. The molecule has 0 saturated heterocycles. The number of anilines is 1. The van der Waals surface area contributed by atoms with Gasteiger partial charge in [0.2, 0.25) is 0 Å². The Labute approximate surface area is 105 Å². The average molecular weight is 243 g/mol. The summed E-state index contributed by atoms with van der Waals surface area (Å²) in [5.41, 5.74) is 0.789. The molecule has 1 amide bonds. The number of carbonyl (C=O) groups excluding carboxylic acids is 1. The van der Waals surface area contributed by atoms with Crippen LogP contribution in [0.2, 0.25) is 0 Å². The highest BCUT2D eigenvalue weighted by Gasteiger charge is 2.12. The summed E-state index contributed by atoms with van der Waals surface area (Å²) in [4.78, 5) is 12.0. The number of methoxy groups -OCH3 is 1. The van der Waals surface area contributed by atoms with Crippen LogP contribution in [0.1, 0.15) is 10.4 Å². The lowest BCUT2D eigenvalue weighted by Gasteiger charge is -2.09. The van der Waals surface area contributed by atoms with E-state index in [1.165, 1.54) is 13.2 Å². The van der Waals surface area contributed by atoms with Crippen molar-refractivity contribution in [2.75, 3.05) is 12.4 Å². The Kier molecular flexibility index (Phi) is 3.48. The van der Waals surface area contributed by atoms with Crippen molar-refractivity contribution in [3.63, 3.8) is 0 Å². The van der Waals surface area contributed by atoms with Gasteiger partial charge in [0, 0.05) is 0 Å². The van der Waals surface area contributed by atoms with E-state index in [9.17, 15) is 9.90 Å². The maximum Gasteiger partial charge on any atom is 0.259 e. The van der Waals surface area contributed by atoms with Gasteiger partial charge in [-0.3, -0.25) is 4.79 Å². The number of phenolic OH excluding ortho intramolecular Hbond substituents is 1. The lowest BCUT2D eigenvalue weighted by Crippen LogP contribution is -2.13. The molecule has 0 heterocycles. The SMILES string of the molecule is COc1ccccc1C(=O)Nc1ccccc1O. The van der Waals surface area contributed by atoms with Crippen LogP contribution in [0.4, 0.5) is 5.69 Å². The third-order valence-corrected chi connectivity index (χ3v) is 2.50. The van der Waals surface area contributed by atoms with E-state index in [0.717, 1.165) is 0 Å². The fourth-order valence-corrected chi connectivity index (χ4v) is 1.60. The van der Waals surface area contributed by atoms with Crippen LogP contribution in [0.3, 0.4) is 0 Å². The first-order chi connectivity index (χ1) is 8.72. The predicted octanol–water partition coefficient (Wildman–Crippen LogP) is 2.65. The van der Waals surface area contributed by atoms with Crippen molar-refractivity contribution >= 4 is 11.6 Å². The molecular weight excluding hydrogens is 230 g/mol. The number of aromatic hydroxyl groups is 1. The molecule has 0 fully saturated rings. The fraction of sp³-hybridized carbons (Fsp3) is 0.0714. The first-order valence-corrected chi connectivity index (χ1v) is 5.44. The standard InChI is InChI=1S/C14H13NO3/c1-18-13-9-5-2-6-10(13)14(17)15-11-7-3-4-8-12(11)16/h2-9,16H,1H3,(H,15,17). The zero-order chi connectivity index (χ0) is 13.0. The number of nitrogens with one attached hydrogen (secondary N) is 1. The van der Waals surface area contributed by atoms with Gasteiger partial charge in [-0.15, -0.1) is 0 Å². The zero-order valence-electron chi connectivity index (χ0n) is 9.88. The van der Waals surface area contributed by atoms with Gasteiger partial charge in [-0.1, -0.05) is 24.3 Å². The molecule has 92 valence electrons. The van der Waals surface area contributed by atoms with Crippen molar-refractivity contribution < 1.29 is 14.6 Å². The van der Waals surface area contributed by atoms with Gasteiger partial charge < -0.3 is 15.2 Å². The second kappa shape index (κ2) is 5.23. The molecule has 18 heavy (non-hydrogen) atoms. The van der Waals surface area contributed by atoms with E-state index < -0.39 is 0 Å². The summed E-state index contributed by atoms with van der Waals surface area (Å²) < 4.78 is 5.11. The molecule has 0 aliphatic heterocycles. The lowest BCUT2D eigenvalue weighted by molar-refractivity contribution is 0.102. The summed E-state index contributed by atoms with van der Waals surface area (Å²) in [6.45, 7) is 0. The normalized spacial score (nSPS) is 9.83. The van der Waals surface area contributed by atoms with Gasteiger partial charge in [-0.25, -0.2) is 0 Å². The zero-order valence-corrected chi connectivity index (χ0v) is 9.88. The number of carbonyl (C=O) groups is 1. The Bertz CT molecular complexity index is 566. The maximum atomic E-state index is 12.0. The fourth-order valence-electron chi connectivity index (χ4n) is 1.60. The van der Waals surface area contributed by atoms with Gasteiger partial charge in [-0.05, 0) is 24.3 Å². The molecule has 0 radical (unpaired) electrons. The van der Waals surface area contributed by atoms with E-state index in [0.29, 0.717) is 17.0 Å². The molecule has 4 heteroatoms. The highest BCUT2D eigenvalue weighted by atomic mass is 16.5. The van der Waals surface area contributed by atoms with Crippen molar-refractivity contribution in [1.29, 1.82) is 0 Å². The smallest absolute Gasteiger partial charge is 0.259 e. The first-order valence-electron chi connectivity index (χ1n) is 5.44. The number of para-hydroxylation sites is 3. The molecule has 2 N–H and O–H groups in total. The molecule has 0 aromatic heterocycles. The Morgan fingerprint density at radius 2 is 1.78 bits per heavy atom. The summed E-state index contributed by atoms with van der Waals surface area (Å²) in [7, 11) is 1.51. The van der Waals surface area contributed by atoms with E-state index in [1.54, 1.807) is 42.5 Å². The predicted molar refractivity (Wildman–Crippen MR) is 69.1 cm³/mol. The quantitative estimate of drug-likeness (QED) is 0.815. The van der Waals surface area contributed by atoms with Crippen molar-refractivity contribution in [1.82, 2.24) is 0 Å². The van der Waals surface area contributed by atoms with Gasteiger partial charge in [-0.2, -0.15) is 0 Å². The largest absolute Gasteiger partial charge is 0.506 e. The number of hydrogen-bond donors (Lipinski definition) is 2. The van der Waals surface area contributed by atoms with Crippen LogP contribution in [0.5, 0.6) is 11.5 Å². The molecule has 4 nitrogen and oxygen atoms in total. The second-order valence-corrected chi connectivity index (χ2v) is 3.67. The number of rotatable bonds is 3. The summed E-state index contributed by atoms with van der Waals surface area (Å²) in [5, 5.41) is 12.2. The second-order valence-electron chi connectivity index (χ2n) is 3.67. The van der Waals surface area contributed by atoms with Gasteiger partial charge >= 0.3 is 0 Å². The summed E-state index contributed by atoms with van der Waals surface area (Å²) in [6.07, 6.45) is 0. The third kappa shape index (κ3) is 2.43. The molecule has 2 aromatic carbocycles. The number of amides is 1. The minimum absolute atomic E-state index is 0.0285. The van der Waals surface area contributed by atoms with Crippen LogP contribution in [-0.2, 0) is 0 Å². The third-order valence-electron chi connectivity index (χ3n) is 2.50. The Hall–Kier alpha value is -2.49. The highest BCUT2D eigenvalue weighted by molar-refractivity contribution is 6.06. The number of hydrogen-bond acceptors (Lipinski definition) is 3. The monoisotopic (exact) mass is 243 g/mol. The number of benzene rings is 2. The average Bonchev–Trinajstić information content (AvgIpc) is 2.41. The van der Waals surface area contributed by atoms with Gasteiger partial charge in [0.25, 0.3) is 5.91 Å². The molecule has 0 aliphatic rings. The molecule has 0 spiro atoms. The molecular formula is C14H13NO3. The minimum atomic E-state index is -0.325. The molecule has 0 saturated carbocycles. The minimum Gasteiger partial charge on any atom is -0.506 e.